The van der Waals surface area contributed by atoms with E-state index in [-0.39, 0.29) is 18.1 Å². The van der Waals surface area contributed by atoms with Crippen LogP contribution >= 0.6 is 11.8 Å². The number of rotatable bonds is 4. The van der Waals surface area contributed by atoms with Gasteiger partial charge in [-0.25, -0.2) is 4.79 Å². The van der Waals surface area contributed by atoms with Gasteiger partial charge in [-0.3, -0.25) is 4.79 Å². The Labute approximate surface area is 106 Å². The Hall–Kier alpha value is -0.910. The first kappa shape index (κ1) is 14.2. The van der Waals surface area contributed by atoms with Crippen molar-refractivity contribution in [3.63, 3.8) is 0 Å². The largest absolute Gasteiger partial charge is 0.481 e. The highest BCUT2D eigenvalue weighted by molar-refractivity contribution is 7.99. The average Bonchev–Trinajstić information content (AvgIpc) is 2.28. The number of carboxylic acid groups (broad SMARTS) is 1. The van der Waals surface area contributed by atoms with E-state index in [0.29, 0.717) is 0 Å². The van der Waals surface area contributed by atoms with Crippen LogP contribution in [0.15, 0.2) is 0 Å². The zero-order chi connectivity index (χ0) is 12.8. The van der Waals surface area contributed by atoms with Crippen molar-refractivity contribution in [3.8, 4) is 0 Å². The summed E-state index contributed by atoms with van der Waals surface area (Å²) in [6.45, 7) is 3.29. The molecule has 2 unspecified atom stereocenters. The number of nitrogens with one attached hydrogen (secondary N) is 2. The molecule has 5 nitrogen and oxygen atoms in total. The molecule has 0 aliphatic carbocycles. The number of urea groups is 1. The predicted molar refractivity (Wildman–Crippen MR) is 68.3 cm³/mol. The summed E-state index contributed by atoms with van der Waals surface area (Å²) in [5, 5.41) is 14.4. The van der Waals surface area contributed by atoms with Crippen LogP contribution in [0.3, 0.4) is 0 Å². The highest BCUT2D eigenvalue weighted by Crippen LogP contribution is 2.16. The van der Waals surface area contributed by atoms with Gasteiger partial charge < -0.3 is 15.7 Å². The molecule has 17 heavy (non-hydrogen) atoms. The minimum absolute atomic E-state index is 0.226. The molecule has 2 atom stereocenters. The van der Waals surface area contributed by atoms with Gasteiger partial charge >= 0.3 is 12.0 Å². The third-order valence-corrected chi connectivity index (χ3v) is 4.10. The Morgan fingerprint density at radius 1 is 1.29 bits per heavy atom. The maximum Gasteiger partial charge on any atom is 0.315 e. The van der Waals surface area contributed by atoms with Crippen LogP contribution < -0.4 is 10.6 Å². The van der Waals surface area contributed by atoms with Gasteiger partial charge in [-0.05, 0) is 38.2 Å². The number of carbonyl (C=O) groups is 2. The Morgan fingerprint density at radius 3 is 2.41 bits per heavy atom. The molecule has 1 heterocycles. The number of aliphatic carboxylic acids is 1. The van der Waals surface area contributed by atoms with Crippen molar-refractivity contribution < 1.29 is 14.7 Å². The molecule has 2 amide bonds. The summed E-state index contributed by atoms with van der Waals surface area (Å²) in [6.07, 6.45) is 1.97. The zero-order valence-corrected chi connectivity index (χ0v) is 11.0. The summed E-state index contributed by atoms with van der Waals surface area (Å²) in [6, 6.07) is -0.406. The maximum absolute atomic E-state index is 11.6. The normalized spacial score (nSPS) is 20.4. The van der Waals surface area contributed by atoms with E-state index in [1.54, 1.807) is 13.8 Å². The lowest BCUT2D eigenvalue weighted by atomic mass is 10.0. The summed E-state index contributed by atoms with van der Waals surface area (Å²) in [5.41, 5.74) is 0. The van der Waals surface area contributed by atoms with Crippen molar-refractivity contribution in [1.82, 2.24) is 10.6 Å². The molecule has 1 rings (SSSR count). The molecular formula is C11H20N2O3S. The van der Waals surface area contributed by atoms with Gasteiger partial charge in [-0.1, -0.05) is 0 Å². The van der Waals surface area contributed by atoms with Crippen LogP contribution in [-0.4, -0.2) is 40.7 Å². The summed E-state index contributed by atoms with van der Waals surface area (Å²) in [5.74, 6) is 0.674. The second-order valence-electron chi connectivity index (χ2n) is 4.42. The van der Waals surface area contributed by atoms with Gasteiger partial charge in [-0.15, -0.1) is 0 Å². The summed E-state index contributed by atoms with van der Waals surface area (Å²) >= 11 is 1.90. The number of carboxylic acids is 1. The molecule has 0 aromatic carbocycles. The van der Waals surface area contributed by atoms with E-state index in [1.807, 2.05) is 11.8 Å². The van der Waals surface area contributed by atoms with Gasteiger partial charge in [0.2, 0.25) is 0 Å². The number of amides is 2. The number of carbonyl (C=O) groups excluding carboxylic acids is 1. The second-order valence-corrected chi connectivity index (χ2v) is 5.64. The quantitative estimate of drug-likeness (QED) is 0.711. The highest BCUT2D eigenvalue weighted by atomic mass is 32.2. The Balaban J connectivity index is 2.30. The van der Waals surface area contributed by atoms with Gasteiger partial charge in [-0.2, -0.15) is 11.8 Å². The minimum Gasteiger partial charge on any atom is -0.481 e. The molecule has 1 saturated heterocycles. The fourth-order valence-corrected chi connectivity index (χ4v) is 2.72. The van der Waals surface area contributed by atoms with Crippen molar-refractivity contribution in [3.05, 3.63) is 0 Å². The molecule has 3 N–H and O–H groups in total. The average molecular weight is 260 g/mol. The molecule has 1 aliphatic rings. The molecular weight excluding hydrogens is 240 g/mol. The first-order chi connectivity index (χ1) is 8.00. The minimum atomic E-state index is -0.896. The second kappa shape index (κ2) is 6.74. The summed E-state index contributed by atoms with van der Waals surface area (Å²) < 4.78 is 0. The number of hydrogen-bond acceptors (Lipinski definition) is 3. The lowest BCUT2D eigenvalue weighted by molar-refractivity contribution is -0.141. The molecule has 1 aliphatic heterocycles. The van der Waals surface area contributed by atoms with E-state index < -0.39 is 11.9 Å². The van der Waals surface area contributed by atoms with Gasteiger partial charge in [0.05, 0.1) is 5.92 Å². The first-order valence-corrected chi connectivity index (χ1v) is 7.03. The third kappa shape index (κ3) is 4.85. The van der Waals surface area contributed by atoms with E-state index in [1.165, 1.54) is 0 Å². The topological polar surface area (TPSA) is 78.4 Å². The SMILES string of the molecule is CC(NC(=O)NC1CCSCC1)C(C)C(=O)O. The summed E-state index contributed by atoms with van der Waals surface area (Å²) in [7, 11) is 0. The van der Waals surface area contributed by atoms with E-state index in [9.17, 15) is 9.59 Å². The molecule has 98 valence electrons. The Morgan fingerprint density at radius 2 is 1.88 bits per heavy atom. The standard InChI is InChI=1S/C11H20N2O3S/c1-7(10(14)15)8(2)12-11(16)13-9-3-5-17-6-4-9/h7-9H,3-6H2,1-2H3,(H,14,15)(H2,12,13,16). The Bertz CT molecular complexity index is 280. The molecule has 6 heteroatoms. The van der Waals surface area contributed by atoms with Crippen LogP contribution in [0.4, 0.5) is 4.79 Å². The van der Waals surface area contributed by atoms with E-state index in [4.69, 9.17) is 5.11 Å². The molecule has 0 radical (unpaired) electrons. The van der Waals surface area contributed by atoms with E-state index >= 15 is 0 Å². The molecule has 0 bridgehead atoms. The van der Waals surface area contributed by atoms with Crippen LogP contribution in [0.5, 0.6) is 0 Å². The van der Waals surface area contributed by atoms with Gasteiger partial charge in [0.25, 0.3) is 0 Å². The van der Waals surface area contributed by atoms with E-state index in [2.05, 4.69) is 10.6 Å². The molecule has 0 saturated carbocycles. The van der Waals surface area contributed by atoms with Gasteiger partial charge in [0, 0.05) is 12.1 Å². The zero-order valence-electron chi connectivity index (χ0n) is 10.2. The van der Waals surface area contributed by atoms with Crippen LogP contribution in [0.2, 0.25) is 0 Å². The van der Waals surface area contributed by atoms with Gasteiger partial charge in [0.15, 0.2) is 0 Å². The summed E-state index contributed by atoms with van der Waals surface area (Å²) in [4.78, 5) is 22.4. The van der Waals surface area contributed by atoms with Crippen LogP contribution in [0, 0.1) is 5.92 Å². The lowest BCUT2D eigenvalue weighted by Gasteiger charge is -2.24. The third-order valence-electron chi connectivity index (χ3n) is 3.05. The molecule has 0 aromatic rings. The monoisotopic (exact) mass is 260 g/mol. The van der Waals surface area contributed by atoms with Crippen molar-refractivity contribution in [1.29, 1.82) is 0 Å². The Kier molecular flexibility index (Phi) is 5.61. The van der Waals surface area contributed by atoms with Crippen LogP contribution in [-0.2, 0) is 4.79 Å². The van der Waals surface area contributed by atoms with Crippen LogP contribution in [0.1, 0.15) is 26.7 Å². The van der Waals surface area contributed by atoms with Crippen LogP contribution in [0.25, 0.3) is 0 Å². The smallest absolute Gasteiger partial charge is 0.315 e. The van der Waals surface area contributed by atoms with Crippen molar-refractivity contribution in [2.24, 2.45) is 5.92 Å². The molecule has 0 spiro atoms. The fraction of sp³-hybridized carbons (Fsp3) is 0.818. The van der Waals surface area contributed by atoms with Crippen molar-refractivity contribution >= 4 is 23.8 Å². The molecule has 0 aromatic heterocycles. The maximum atomic E-state index is 11.6. The van der Waals surface area contributed by atoms with Crippen molar-refractivity contribution in [2.75, 3.05) is 11.5 Å². The number of hydrogen-bond donors (Lipinski definition) is 3. The molecule has 1 fully saturated rings. The predicted octanol–water partition coefficient (Wildman–Crippen LogP) is 1.29. The first-order valence-electron chi connectivity index (χ1n) is 5.88. The number of thioether (sulfide) groups is 1. The fourth-order valence-electron chi connectivity index (χ4n) is 1.61. The lowest BCUT2D eigenvalue weighted by Crippen LogP contribution is -2.49. The van der Waals surface area contributed by atoms with Gasteiger partial charge in [0.1, 0.15) is 0 Å². The van der Waals surface area contributed by atoms with E-state index in [0.717, 1.165) is 24.3 Å². The van der Waals surface area contributed by atoms with Crippen molar-refractivity contribution in [2.45, 2.75) is 38.8 Å². The highest BCUT2D eigenvalue weighted by Gasteiger charge is 2.22.